The summed E-state index contributed by atoms with van der Waals surface area (Å²) in [5.74, 6) is 0. The summed E-state index contributed by atoms with van der Waals surface area (Å²) in [6.45, 7) is 7.77. The summed E-state index contributed by atoms with van der Waals surface area (Å²) >= 11 is 0. The molecule has 70 valence electrons. The average Bonchev–Trinajstić information content (AvgIpc) is 2.85. The summed E-state index contributed by atoms with van der Waals surface area (Å²) < 4.78 is 2.24. The van der Waals surface area contributed by atoms with Crippen molar-refractivity contribution in [2.45, 2.75) is 32.4 Å². The van der Waals surface area contributed by atoms with Gasteiger partial charge in [-0.2, -0.15) is 0 Å². The van der Waals surface area contributed by atoms with Crippen molar-refractivity contribution in [2.75, 3.05) is 6.54 Å². The number of nitrogens with zero attached hydrogens (tertiary/aromatic N) is 1. The molecule has 1 unspecified atom stereocenters. The van der Waals surface area contributed by atoms with Crippen molar-refractivity contribution in [1.29, 1.82) is 0 Å². The van der Waals surface area contributed by atoms with Gasteiger partial charge in [0.1, 0.15) is 0 Å². The summed E-state index contributed by atoms with van der Waals surface area (Å²) in [5.41, 5.74) is 1.59. The molecule has 1 N–H and O–H groups in total. The molecule has 1 aromatic rings. The summed E-state index contributed by atoms with van der Waals surface area (Å²) in [7, 11) is 0. The topological polar surface area (TPSA) is 25.8 Å². The molecule has 2 rings (SSSR count). The summed E-state index contributed by atoms with van der Waals surface area (Å²) in [6.07, 6.45) is 4.32. The number of aromatic nitrogens is 1. The molecule has 1 aromatic heterocycles. The largest absolute Gasteiger partial charge is 0.307 e. The van der Waals surface area contributed by atoms with Crippen LogP contribution in [-0.2, 0) is 5.54 Å². The summed E-state index contributed by atoms with van der Waals surface area (Å²) in [5, 5.41) is 3.30. The van der Waals surface area contributed by atoms with Crippen molar-refractivity contribution in [3.05, 3.63) is 30.1 Å². The molecule has 0 amide bonds. The maximum absolute atomic E-state index is 3.30. The quantitative estimate of drug-likeness (QED) is 0.509. The van der Waals surface area contributed by atoms with E-state index in [0.29, 0.717) is 6.04 Å². The highest BCUT2D eigenvalue weighted by atomic mass is 15.1. The number of hydrogen-bond acceptors (Lipinski definition) is 1. The third kappa shape index (κ3) is 1.89. The second-order valence-corrected chi connectivity index (χ2v) is 4.67. The first-order valence-corrected chi connectivity index (χ1v) is 4.82. The van der Waals surface area contributed by atoms with E-state index in [2.05, 4.69) is 55.2 Å². The van der Waals surface area contributed by atoms with E-state index in [1.165, 1.54) is 5.56 Å². The van der Waals surface area contributed by atoms with Crippen LogP contribution in [0.5, 0.6) is 0 Å². The molecule has 0 saturated carbocycles. The van der Waals surface area contributed by atoms with E-state index in [1.54, 1.807) is 0 Å². The van der Waals surface area contributed by atoms with Gasteiger partial charge < -0.3 is 5.32 Å². The summed E-state index contributed by atoms with van der Waals surface area (Å²) in [6, 6.07) is 5.03. The first-order valence-electron chi connectivity index (χ1n) is 4.82. The van der Waals surface area contributed by atoms with E-state index in [9.17, 15) is 0 Å². The van der Waals surface area contributed by atoms with Gasteiger partial charge in [-0.25, -0.2) is 4.57 Å². The Labute approximate surface area is 79.6 Å². The van der Waals surface area contributed by atoms with E-state index in [4.69, 9.17) is 0 Å². The number of hydrogen-bond donors (Lipinski definition) is 1. The van der Waals surface area contributed by atoms with Gasteiger partial charge in [0.25, 0.3) is 0 Å². The molecule has 2 heterocycles. The van der Waals surface area contributed by atoms with Crippen LogP contribution in [0.1, 0.15) is 32.4 Å². The molecule has 1 fully saturated rings. The molecule has 0 bridgehead atoms. The van der Waals surface area contributed by atoms with Gasteiger partial charge in [0.15, 0.2) is 17.9 Å². The molecule has 1 atom stereocenters. The summed E-state index contributed by atoms with van der Waals surface area (Å²) in [4.78, 5) is 0. The fourth-order valence-corrected chi connectivity index (χ4v) is 1.41. The Hall–Kier alpha value is -0.890. The molecule has 0 radical (unpaired) electrons. The standard InChI is InChI=1S/C11H17N2/c1-11(2,3)13-6-4-9(5-7-13)10-8-12-10/h4-7,10,12H,8H2,1-3H3/q+1. The van der Waals surface area contributed by atoms with Crippen molar-refractivity contribution in [3.63, 3.8) is 0 Å². The molecule has 1 aliphatic rings. The Bertz CT molecular complexity index is 291. The Kier molecular flexibility index (Phi) is 1.88. The average molecular weight is 177 g/mol. The van der Waals surface area contributed by atoms with Crippen molar-refractivity contribution >= 4 is 0 Å². The maximum atomic E-state index is 3.30. The molecule has 0 aromatic carbocycles. The maximum Gasteiger partial charge on any atom is 0.169 e. The zero-order chi connectivity index (χ0) is 9.47. The molecule has 2 heteroatoms. The van der Waals surface area contributed by atoms with E-state index in [1.807, 2.05) is 0 Å². The smallest absolute Gasteiger partial charge is 0.169 e. The zero-order valence-corrected chi connectivity index (χ0v) is 8.54. The number of nitrogens with one attached hydrogen (secondary N) is 1. The third-order valence-corrected chi connectivity index (χ3v) is 2.44. The second-order valence-electron chi connectivity index (χ2n) is 4.67. The normalized spacial score (nSPS) is 21.6. The highest BCUT2D eigenvalue weighted by Gasteiger charge is 2.25. The van der Waals surface area contributed by atoms with Gasteiger partial charge in [-0.3, -0.25) is 0 Å². The lowest BCUT2D eigenvalue weighted by atomic mass is 10.1. The second kappa shape index (κ2) is 2.81. The van der Waals surface area contributed by atoms with E-state index >= 15 is 0 Å². The van der Waals surface area contributed by atoms with Crippen molar-refractivity contribution in [2.24, 2.45) is 0 Å². The SMILES string of the molecule is CC(C)(C)[n+]1ccc(C2CN2)cc1. The lowest BCUT2D eigenvalue weighted by molar-refractivity contribution is -0.754. The van der Waals surface area contributed by atoms with Crippen LogP contribution < -0.4 is 9.88 Å². The minimum Gasteiger partial charge on any atom is -0.307 e. The molecule has 13 heavy (non-hydrogen) atoms. The highest BCUT2D eigenvalue weighted by molar-refractivity contribution is 5.18. The van der Waals surface area contributed by atoms with Crippen molar-refractivity contribution in [3.8, 4) is 0 Å². The third-order valence-electron chi connectivity index (χ3n) is 2.44. The van der Waals surface area contributed by atoms with Gasteiger partial charge in [-0.15, -0.1) is 0 Å². The van der Waals surface area contributed by atoms with Crippen LogP contribution in [0.4, 0.5) is 0 Å². The first-order chi connectivity index (χ1) is 6.07. The molecule has 1 saturated heterocycles. The van der Waals surface area contributed by atoms with Gasteiger partial charge in [0, 0.05) is 45.5 Å². The van der Waals surface area contributed by atoms with Gasteiger partial charge in [-0.1, -0.05) is 0 Å². The monoisotopic (exact) mass is 177 g/mol. The van der Waals surface area contributed by atoms with E-state index < -0.39 is 0 Å². The Balaban J connectivity index is 2.22. The highest BCUT2D eigenvalue weighted by Crippen LogP contribution is 2.19. The van der Waals surface area contributed by atoms with Crippen molar-refractivity contribution in [1.82, 2.24) is 5.32 Å². The number of rotatable bonds is 1. The first kappa shape index (κ1) is 8.70. The fourth-order valence-electron chi connectivity index (χ4n) is 1.41. The minimum absolute atomic E-state index is 0.190. The molecule has 0 spiro atoms. The predicted molar refractivity (Wildman–Crippen MR) is 52.4 cm³/mol. The van der Waals surface area contributed by atoms with Gasteiger partial charge in [0.05, 0.1) is 0 Å². The molecule has 0 aliphatic carbocycles. The molecule has 1 aliphatic heterocycles. The zero-order valence-electron chi connectivity index (χ0n) is 8.54. The van der Waals surface area contributed by atoms with Crippen LogP contribution in [0.3, 0.4) is 0 Å². The van der Waals surface area contributed by atoms with Crippen LogP contribution >= 0.6 is 0 Å². The van der Waals surface area contributed by atoms with Crippen molar-refractivity contribution < 1.29 is 4.57 Å². The Morgan fingerprint density at radius 2 is 1.85 bits per heavy atom. The Morgan fingerprint density at radius 3 is 2.23 bits per heavy atom. The van der Waals surface area contributed by atoms with Gasteiger partial charge >= 0.3 is 0 Å². The van der Waals surface area contributed by atoms with Crippen LogP contribution in [0.15, 0.2) is 24.5 Å². The number of pyridine rings is 1. The molecular weight excluding hydrogens is 160 g/mol. The predicted octanol–water partition coefficient (Wildman–Crippen LogP) is 1.37. The van der Waals surface area contributed by atoms with Gasteiger partial charge in [-0.05, 0) is 5.56 Å². The minimum atomic E-state index is 0.190. The van der Waals surface area contributed by atoms with Crippen LogP contribution in [-0.4, -0.2) is 6.54 Å². The van der Waals surface area contributed by atoms with Crippen LogP contribution in [0.2, 0.25) is 0 Å². The Morgan fingerprint density at radius 1 is 1.31 bits per heavy atom. The lowest BCUT2D eigenvalue weighted by Gasteiger charge is -2.12. The lowest BCUT2D eigenvalue weighted by Crippen LogP contribution is -2.49. The molecular formula is C11H17N2+. The van der Waals surface area contributed by atoms with Crippen LogP contribution in [0.25, 0.3) is 0 Å². The van der Waals surface area contributed by atoms with Crippen LogP contribution in [0, 0.1) is 0 Å². The molecule has 2 nitrogen and oxygen atoms in total. The van der Waals surface area contributed by atoms with E-state index in [-0.39, 0.29) is 5.54 Å². The van der Waals surface area contributed by atoms with E-state index in [0.717, 1.165) is 6.54 Å². The van der Waals surface area contributed by atoms with Gasteiger partial charge in [0.2, 0.25) is 0 Å². The fraction of sp³-hybridized carbons (Fsp3) is 0.545.